The first-order valence-corrected chi connectivity index (χ1v) is 11.3. The van der Waals surface area contributed by atoms with Crippen molar-refractivity contribution in [3.05, 3.63) is 65.2 Å². The van der Waals surface area contributed by atoms with Crippen LogP contribution in [-0.2, 0) is 20.8 Å². The molecule has 4 rings (SSSR count). The second kappa shape index (κ2) is 9.86. The molecule has 0 saturated carbocycles. The summed E-state index contributed by atoms with van der Waals surface area (Å²) in [5.41, 5.74) is 1.81. The number of piperidine rings is 1. The van der Waals surface area contributed by atoms with Gasteiger partial charge in [0.15, 0.2) is 0 Å². The standard InChI is InChI=1S/C25H26N4O5/c1-2-26-21(31)14-16(13-15-7-4-3-5-8-15)27-18-10-6-9-17-22(18)25(34)29(24(17)33)19-11-12-20(30)28-23(19)32/h3-10,16,19,27H,2,11-14H2,1H3,(H,26,31)(H,28,30,32). The maximum atomic E-state index is 13.3. The molecule has 9 heteroatoms. The number of nitrogens with one attached hydrogen (secondary N) is 3. The molecule has 0 bridgehead atoms. The summed E-state index contributed by atoms with van der Waals surface area (Å²) in [5.74, 6) is -2.36. The molecule has 2 atom stereocenters. The minimum Gasteiger partial charge on any atom is -0.381 e. The van der Waals surface area contributed by atoms with Crippen LogP contribution in [0.5, 0.6) is 0 Å². The molecule has 0 aliphatic carbocycles. The third kappa shape index (κ3) is 4.68. The number of rotatable bonds is 8. The molecule has 9 nitrogen and oxygen atoms in total. The van der Waals surface area contributed by atoms with Gasteiger partial charge in [-0.3, -0.25) is 34.2 Å². The number of carbonyl (C=O) groups is 5. The first-order chi connectivity index (χ1) is 16.4. The molecule has 1 fully saturated rings. The topological polar surface area (TPSA) is 125 Å². The van der Waals surface area contributed by atoms with Crippen molar-refractivity contribution >= 4 is 35.2 Å². The van der Waals surface area contributed by atoms with E-state index in [0.29, 0.717) is 18.7 Å². The Morgan fingerprint density at radius 2 is 1.82 bits per heavy atom. The van der Waals surface area contributed by atoms with E-state index in [4.69, 9.17) is 0 Å². The van der Waals surface area contributed by atoms with Gasteiger partial charge in [-0.05, 0) is 37.5 Å². The van der Waals surface area contributed by atoms with Crippen LogP contribution in [0.1, 0.15) is 52.5 Å². The minimum absolute atomic E-state index is 0.0562. The molecular weight excluding hydrogens is 436 g/mol. The van der Waals surface area contributed by atoms with Gasteiger partial charge in [0.1, 0.15) is 6.04 Å². The highest BCUT2D eigenvalue weighted by Crippen LogP contribution is 2.33. The zero-order chi connectivity index (χ0) is 24.2. The van der Waals surface area contributed by atoms with Crippen molar-refractivity contribution in [1.29, 1.82) is 0 Å². The molecule has 2 aliphatic rings. The number of carbonyl (C=O) groups excluding carboxylic acids is 5. The summed E-state index contributed by atoms with van der Waals surface area (Å²) in [6.45, 7) is 2.35. The highest BCUT2D eigenvalue weighted by Gasteiger charge is 2.45. The summed E-state index contributed by atoms with van der Waals surface area (Å²) in [6, 6.07) is 13.2. The quantitative estimate of drug-likeness (QED) is 0.512. The van der Waals surface area contributed by atoms with E-state index in [1.165, 1.54) is 0 Å². The van der Waals surface area contributed by atoms with Crippen LogP contribution in [0.4, 0.5) is 5.69 Å². The Balaban J connectivity index is 1.61. The molecule has 2 aromatic rings. The van der Waals surface area contributed by atoms with E-state index in [-0.39, 0.29) is 42.3 Å². The van der Waals surface area contributed by atoms with Crippen LogP contribution in [0.3, 0.4) is 0 Å². The summed E-state index contributed by atoms with van der Waals surface area (Å²) >= 11 is 0. The molecule has 1 saturated heterocycles. The van der Waals surface area contributed by atoms with E-state index >= 15 is 0 Å². The van der Waals surface area contributed by atoms with Crippen LogP contribution in [0.15, 0.2) is 48.5 Å². The zero-order valence-electron chi connectivity index (χ0n) is 18.8. The second-order valence-corrected chi connectivity index (χ2v) is 8.36. The Hall–Kier alpha value is -4.01. The van der Waals surface area contributed by atoms with Crippen LogP contribution in [0.25, 0.3) is 0 Å². The van der Waals surface area contributed by atoms with Gasteiger partial charge in [0.25, 0.3) is 11.8 Å². The van der Waals surface area contributed by atoms with Crippen LogP contribution in [0, 0.1) is 0 Å². The molecule has 2 unspecified atom stereocenters. The Kier molecular flexibility index (Phi) is 6.72. The number of imide groups is 2. The zero-order valence-corrected chi connectivity index (χ0v) is 18.8. The van der Waals surface area contributed by atoms with Crippen LogP contribution in [0.2, 0.25) is 0 Å². The van der Waals surface area contributed by atoms with Gasteiger partial charge in [-0.1, -0.05) is 36.4 Å². The SMILES string of the molecule is CCNC(=O)CC(Cc1ccccc1)Nc1cccc2c1C(=O)N(C1CCC(=O)NC1=O)C2=O. The maximum Gasteiger partial charge on any atom is 0.264 e. The highest BCUT2D eigenvalue weighted by molar-refractivity contribution is 6.25. The smallest absolute Gasteiger partial charge is 0.264 e. The second-order valence-electron chi connectivity index (χ2n) is 8.36. The first kappa shape index (κ1) is 23.2. The number of benzene rings is 2. The average molecular weight is 463 g/mol. The lowest BCUT2D eigenvalue weighted by Crippen LogP contribution is -2.54. The third-order valence-electron chi connectivity index (χ3n) is 5.96. The number of anilines is 1. The Labute approximate surface area is 196 Å². The predicted molar refractivity (Wildman–Crippen MR) is 124 cm³/mol. The van der Waals surface area contributed by atoms with E-state index in [1.807, 2.05) is 37.3 Å². The lowest BCUT2D eigenvalue weighted by molar-refractivity contribution is -0.136. The number of hydrogen-bond donors (Lipinski definition) is 3. The van der Waals surface area contributed by atoms with Gasteiger partial charge in [-0.15, -0.1) is 0 Å². The molecule has 2 aromatic carbocycles. The molecule has 0 aromatic heterocycles. The summed E-state index contributed by atoms with van der Waals surface area (Å²) in [5, 5.41) is 8.29. The van der Waals surface area contributed by atoms with Crippen molar-refractivity contribution in [3.63, 3.8) is 0 Å². The Morgan fingerprint density at radius 1 is 1.06 bits per heavy atom. The fraction of sp³-hybridized carbons (Fsp3) is 0.320. The van der Waals surface area contributed by atoms with Crippen molar-refractivity contribution in [3.8, 4) is 0 Å². The Bertz CT molecular complexity index is 1150. The molecule has 3 N–H and O–H groups in total. The van der Waals surface area contributed by atoms with E-state index in [9.17, 15) is 24.0 Å². The number of nitrogens with zero attached hydrogens (tertiary/aromatic N) is 1. The van der Waals surface area contributed by atoms with Crippen LogP contribution < -0.4 is 16.0 Å². The van der Waals surface area contributed by atoms with E-state index < -0.39 is 29.7 Å². The number of fused-ring (bicyclic) bond motifs is 1. The molecule has 176 valence electrons. The minimum atomic E-state index is -1.03. The van der Waals surface area contributed by atoms with Crippen molar-refractivity contribution in [2.24, 2.45) is 0 Å². The molecular formula is C25H26N4O5. The molecule has 0 spiro atoms. The lowest BCUT2D eigenvalue weighted by Gasteiger charge is -2.28. The van der Waals surface area contributed by atoms with Gasteiger partial charge in [-0.25, -0.2) is 0 Å². The van der Waals surface area contributed by atoms with Crippen molar-refractivity contribution in [2.75, 3.05) is 11.9 Å². The fourth-order valence-corrected chi connectivity index (χ4v) is 4.42. The molecule has 34 heavy (non-hydrogen) atoms. The largest absolute Gasteiger partial charge is 0.381 e. The van der Waals surface area contributed by atoms with Gasteiger partial charge < -0.3 is 10.6 Å². The predicted octanol–water partition coefficient (Wildman–Crippen LogP) is 1.64. The van der Waals surface area contributed by atoms with Crippen molar-refractivity contribution in [1.82, 2.24) is 15.5 Å². The molecule has 5 amide bonds. The van der Waals surface area contributed by atoms with E-state index in [2.05, 4.69) is 16.0 Å². The number of hydrogen-bond acceptors (Lipinski definition) is 6. The van der Waals surface area contributed by atoms with Gasteiger partial charge in [-0.2, -0.15) is 0 Å². The summed E-state index contributed by atoms with van der Waals surface area (Å²) in [4.78, 5) is 63.6. The maximum absolute atomic E-state index is 13.3. The average Bonchev–Trinajstić information content (AvgIpc) is 3.06. The molecule has 2 heterocycles. The number of amides is 5. The lowest BCUT2D eigenvalue weighted by atomic mass is 10.0. The summed E-state index contributed by atoms with van der Waals surface area (Å²) in [6.07, 6.45) is 0.847. The van der Waals surface area contributed by atoms with Crippen molar-refractivity contribution in [2.45, 2.75) is 44.7 Å². The van der Waals surface area contributed by atoms with Gasteiger partial charge >= 0.3 is 0 Å². The molecule has 2 aliphatic heterocycles. The van der Waals surface area contributed by atoms with Gasteiger partial charge in [0, 0.05) is 31.1 Å². The molecule has 0 radical (unpaired) electrons. The summed E-state index contributed by atoms with van der Waals surface area (Å²) < 4.78 is 0. The monoisotopic (exact) mass is 462 g/mol. The van der Waals surface area contributed by atoms with Crippen molar-refractivity contribution < 1.29 is 24.0 Å². The van der Waals surface area contributed by atoms with E-state index in [1.54, 1.807) is 18.2 Å². The van der Waals surface area contributed by atoms with Crippen LogP contribution >= 0.6 is 0 Å². The fourth-order valence-electron chi connectivity index (χ4n) is 4.42. The normalized spacial score (nSPS) is 18.4. The third-order valence-corrected chi connectivity index (χ3v) is 5.96. The first-order valence-electron chi connectivity index (χ1n) is 11.3. The van der Waals surface area contributed by atoms with Gasteiger partial charge in [0.05, 0.1) is 11.1 Å². The Morgan fingerprint density at radius 3 is 2.53 bits per heavy atom. The van der Waals surface area contributed by atoms with Gasteiger partial charge in [0.2, 0.25) is 17.7 Å². The van der Waals surface area contributed by atoms with E-state index in [0.717, 1.165) is 10.5 Å². The summed E-state index contributed by atoms with van der Waals surface area (Å²) in [7, 11) is 0. The highest BCUT2D eigenvalue weighted by atomic mass is 16.2. The van der Waals surface area contributed by atoms with Crippen LogP contribution in [-0.4, -0.2) is 53.1 Å².